The van der Waals surface area contributed by atoms with E-state index in [-0.39, 0.29) is 6.09 Å². The monoisotopic (exact) mass is 221 g/mol. The summed E-state index contributed by atoms with van der Waals surface area (Å²) in [6.07, 6.45) is 4.09. The number of rotatable bonds is 3. The molecular formula is C11H15N3O2. The SMILES string of the molecule is NCc1ccncc1CN1CCCOC1=O. The molecule has 1 saturated heterocycles. The van der Waals surface area contributed by atoms with Crippen molar-refractivity contribution in [2.24, 2.45) is 5.73 Å². The fourth-order valence-electron chi connectivity index (χ4n) is 1.74. The van der Waals surface area contributed by atoms with Gasteiger partial charge in [-0.2, -0.15) is 0 Å². The number of carbonyl (C=O) groups is 1. The summed E-state index contributed by atoms with van der Waals surface area (Å²) in [5.41, 5.74) is 7.64. The highest BCUT2D eigenvalue weighted by molar-refractivity contribution is 5.68. The summed E-state index contributed by atoms with van der Waals surface area (Å²) in [7, 11) is 0. The van der Waals surface area contributed by atoms with Crippen molar-refractivity contribution in [1.29, 1.82) is 0 Å². The quantitative estimate of drug-likeness (QED) is 0.822. The maximum absolute atomic E-state index is 11.5. The van der Waals surface area contributed by atoms with Gasteiger partial charge in [0, 0.05) is 25.5 Å². The lowest BCUT2D eigenvalue weighted by atomic mass is 10.1. The van der Waals surface area contributed by atoms with Crippen LogP contribution in [-0.2, 0) is 17.8 Å². The molecule has 1 fully saturated rings. The molecule has 0 atom stereocenters. The smallest absolute Gasteiger partial charge is 0.410 e. The normalized spacial score (nSPS) is 16.1. The average molecular weight is 221 g/mol. The van der Waals surface area contributed by atoms with Crippen molar-refractivity contribution in [2.75, 3.05) is 13.2 Å². The third-order valence-corrected chi connectivity index (χ3v) is 2.64. The molecule has 0 aliphatic carbocycles. The Bertz CT molecular complexity index is 381. The number of hydrogen-bond acceptors (Lipinski definition) is 4. The Labute approximate surface area is 94.2 Å². The third kappa shape index (κ3) is 2.30. The van der Waals surface area contributed by atoms with Crippen LogP contribution in [0.2, 0.25) is 0 Å². The summed E-state index contributed by atoms with van der Waals surface area (Å²) in [6, 6.07) is 1.88. The molecule has 86 valence electrons. The molecule has 2 N–H and O–H groups in total. The Kier molecular flexibility index (Phi) is 3.36. The van der Waals surface area contributed by atoms with Gasteiger partial charge in [0.25, 0.3) is 0 Å². The van der Waals surface area contributed by atoms with Gasteiger partial charge in [0.05, 0.1) is 13.2 Å². The van der Waals surface area contributed by atoms with E-state index in [1.165, 1.54) is 0 Å². The third-order valence-electron chi connectivity index (χ3n) is 2.64. The van der Waals surface area contributed by atoms with Crippen LogP contribution in [0.4, 0.5) is 4.79 Å². The van der Waals surface area contributed by atoms with E-state index in [2.05, 4.69) is 4.98 Å². The first-order valence-corrected chi connectivity index (χ1v) is 5.35. The van der Waals surface area contributed by atoms with Crippen molar-refractivity contribution in [3.05, 3.63) is 29.6 Å². The molecule has 2 rings (SSSR count). The Morgan fingerprint density at radius 1 is 1.50 bits per heavy atom. The van der Waals surface area contributed by atoms with Gasteiger partial charge in [-0.05, 0) is 23.6 Å². The Morgan fingerprint density at radius 3 is 3.12 bits per heavy atom. The topological polar surface area (TPSA) is 68.4 Å². The van der Waals surface area contributed by atoms with E-state index in [0.29, 0.717) is 19.7 Å². The number of nitrogens with two attached hydrogens (primary N) is 1. The number of carbonyl (C=O) groups excluding carboxylic acids is 1. The minimum absolute atomic E-state index is 0.252. The molecule has 0 spiro atoms. The molecular weight excluding hydrogens is 206 g/mol. The minimum atomic E-state index is -0.252. The fourth-order valence-corrected chi connectivity index (χ4v) is 1.74. The molecule has 0 unspecified atom stereocenters. The molecule has 1 aromatic heterocycles. The largest absolute Gasteiger partial charge is 0.449 e. The summed E-state index contributed by atoms with van der Waals surface area (Å²) < 4.78 is 4.97. The minimum Gasteiger partial charge on any atom is -0.449 e. The van der Waals surface area contributed by atoms with Crippen LogP contribution in [0.5, 0.6) is 0 Å². The molecule has 5 heteroatoms. The van der Waals surface area contributed by atoms with Crippen molar-refractivity contribution < 1.29 is 9.53 Å². The van der Waals surface area contributed by atoms with Crippen molar-refractivity contribution >= 4 is 6.09 Å². The maximum atomic E-state index is 11.5. The highest BCUT2D eigenvalue weighted by atomic mass is 16.6. The van der Waals surface area contributed by atoms with Gasteiger partial charge in [-0.3, -0.25) is 4.98 Å². The number of aromatic nitrogens is 1. The fraction of sp³-hybridized carbons (Fsp3) is 0.455. The first-order chi connectivity index (χ1) is 7.81. The lowest BCUT2D eigenvalue weighted by Gasteiger charge is -2.26. The molecule has 5 nitrogen and oxygen atoms in total. The molecule has 0 aromatic carbocycles. The van der Waals surface area contributed by atoms with Crippen molar-refractivity contribution in [3.8, 4) is 0 Å². The van der Waals surface area contributed by atoms with Crippen LogP contribution < -0.4 is 5.73 Å². The van der Waals surface area contributed by atoms with Crippen LogP contribution in [-0.4, -0.2) is 29.1 Å². The molecule has 0 bridgehead atoms. The molecule has 16 heavy (non-hydrogen) atoms. The number of nitrogens with zero attached hydrogens (tertiary/aromatic N) is 2. The first kappa shape index (κ1) is 10.9. The van der Waals surface area contributed by atoms with Crippen LogP contribution in [0, 0.1) is 0 Å². The molecule has 0 saturated carbocycles. The van der Waals surface area contributed by atoms with Gasteiger partial charge in [0.15, 0.2) is 0 Å². The predicted molar refractivity (Wildman–Crippen MR) is 58.5 cm³/mol. The summed E-state index contributed by atoms with van der Waals surface area (Å²) >= 11 is 0. The molecule has 1 amide bonds. The number of hydrogen-bond donors (Lipinski definition) is 1. The number of ether oxygens (including phenoxy) is 1. The van der Waals surface area contributed by atoms with E-state index in [1.54, 1.807) is 17.3 Å². The van der Waals surface area contributed by atoms with Gasteiger partial charge in [0.2, 0.25) is 0 Å². The van der Waals surface area contributed by atoms with Crippen LogP contribution in [0.1, 0.15) is 17.5 Å². The zero-order valence-corrected chi connectivity index (χ0v) is 9.06. The Balaban J connectivity index is 2.10. The van der Waals surface area contributed by atoms with Gasteiger partial charge in [-0.1, -0.05) is 0 Å². The van der Waals surface area contributed by atoms with Crippen LogP contribution in [0.25, 0.3) is 0 Å². The average Bonchev–Trinajstić information content (AvgIpc) is 2.33. The van der Waals surface area contributed by atoms with Crippen molar-refractivity contribution in [3.63, 3.8) is 0 Å². The van der Waals surface area contributed by atoms with Crippen LogP contribution in [0.3, 0.4) is 0 Å². The summed E-state index contributed by atoms with van der Waals surface area (Å²) in [4.78, 5) is 17.2. The van der Waals surface area contributed by atoms with Crippen LogP contribution in [0.15, 0.2) is 18.5 Å². The molecule has 0 radical (unpaired) electrons. The van der Waals surface area contributed by atoms with Crippen molar-refractivity contribution in [2.45, 2.75) is 19.5 Å². The second-order valence-electron chi connectivity index (χ2n) is 3.74. The van der Waals surface area contributed by atoms with E-state index in [4.69, 9.17) is 10.5 Å². The first-order valence-electron chi connectivity index (χ1n) is 5.35. The van der Waals surface area contributed by atoms with Crippen LogP contribution >= 0.6 is 0 Å². The number of cyclic esters (lactones) is 1. The second kappa shape index (κ2) is 4.94. The Morgan fingerprint density at radius 2 is 2.38 bits per heavy atom. The van der Waals surface area contributed by atoms with E-state index in [0.717, 1.165) is 24.1 Å². The zero-order chi connectivity index (χ0) is 11.4. The highest BCUT2D eigenvalue weighted by Crippen LogP contribution is 2.13. The van der Waals surface area contributed by atoms with E-state index < -0.39 is 0 Å². The predicted octanol–water partition coefficient (Wildman–Crippen LogP) is 0.883. The lowest BCUT2D eigenvalue weighted by Crippen LogP contribution is -2.37. The summed E-state index contributed by atoms with van der Waals surface area (Å²) in [6.45, 7) is 2.24. The molecule has 1 aliphatic heterocycles. The Hall–Kier alpha value is -1.62. The van der Waals surface area contributed by atoms with Gasteiger partial charge in [-0.15, -0.1) is 0 Å². The highest BCUT2D eigenvalue weighted by Gasteiger charge is 2.20. The molecule has 1 aliphatic rings. The molecule has 2 heterocycles. The van der Waals surface area contributed by atoms with E-state index in [9.17, 15) is 4.79 Å². The standard InChI is InChI=1S/C11H15N3O2/c12-6-9-2-3-13-7-10(9)8-14-4-1-5-16-11(14)15/h2-3,7H,1,4-6,8,12H2. The lowest BCUT2D eigenvalue weighted by molar-refractivity contribution is 0.0699. The van der Waals surface area contributed by atoms with E-state index >= 15 is 0 Å². The van der Waals surface area contributed by atoms with Gasteiger partial charge in [-0.25, -0.2) is 4.79 Å². The summed E-state index contributed by atoms with van der Waals surface area (Å²) in [5.74, 6) is 0. The van der Waals surface area contributed by atoms with Crippen molar-refractivity contribution in [1.82, 2.24) is 9.88 Å². The second-order valence-corrected chi connectivity index (χ2v) is 3.74. The molecule has 1 aromatic rings. The number of amides is 1. The van der Waals surface area contributed by atoms with Gasteiger partial charge >= 0.3 is 6.09 Å². The zero-order valence-electron chi connectivity index (χ0n) is 9.06. The summed E-state index contributed by atoms with van der Waals surface area (Å²) in [5, 5.41) is 0. The van der Waals surface area contributed by atoms with E-state index in [1.807, 2.05) is 6.07 Å². The van der Waals surface area contributed by atoms with Gasteiger partial charge < -0.3 is 15.4 Å². The van der Waals surface area contributed by atoms with Gasteiger partial charge in [0.1, 0.15) is 0 Å². The maximum Gasteiger partial charge on any atom is 0.410 e. The number of pyridine rings is 1.